The largest absolute Gasteiger partial charge is 0.465 e. The van der Waals surface area contributed by atoms with Gasteiger partial charge < -0.3 is 23.9 Å². The number of hydrogen-bond acceptors (Lipinski definition) is 7. The minimum Gasteiger partial charge on any atom is -0.465 e. The number of nitrogens with one attached hydrogen (secondary N) is 1. The van der Waals surface area contributed by atoms with Crippen molar-refractivity contribution < 1.29 is 33.0 Å². The molecule has 0 unspecified atom stereocenters. The molecule has 0 bridgehead atoms. The lowest BCUT2D eigenvalue weighted by Crippen LogP contribution is -2.22. The van der Waals surface area contributed by atoms with E-state index in [9.17, 15) is 14.4 Å². The number of anilines is 1. The van der Waals surface area contributed by atoms with Gasteiger partial charge in [-0.3, -0.25) is 4.79 Å². The third-order valence-electron chi connectivity index (χ3n) is 4.28. The van der Waals surface area contributed by atoms with Gasteiger partial charge >= 0.3 is 11.9 Å². The molecule has 1 amide bonds. The molecule has 3 rings (SSSR count). The summed E-state index contributed by atoms with van der Waals surface area (Å²) in [6.07, 6.45) is 0. The van der Waals surface area contributed by atoms with Gasteiger partial charge in [0.25, 0.3) is 5.91 Å². The number of para-hydroxylation sites is 2. The Bertz CT molecular complexity index is 1070. The number of esters is 2. The average molecular weight is 411 g/mol. The van der Waals surface area contributed by atoms with E-state index in [1.54, 1.807) is 30.3 Å². The Labute approximate surface area is 172 Å². The summed E-state index contributed by atoms with van der Waals surface area (Å²) in [5, 5.41) is 3.28. The molecule has 0 saturated heterocycles. The second-order valence-corrected chi connectivity index (χ2v) is 6.20. The van der Waals surface area contributed by atoms with Crippen LogP contribution in [0, 0.1) is 0 Å². The van der Waals surface area contributed by atoms with Gasteiger partial charge in [0.15, 0.2) is 6.61 Å². The maximum Gasteiger partial charge on any atom is 0.375 e. The van der Waals surface area contributed by atoms with Gasteiger partial charge in [-0.2, -0.15) is 0 Å². The highest BCUT2D eigenvalue weighted by atomic mass is 16.5. The van der Waals surface area contributed by atoms with Gasteiger partial charge in [-0.15, -0.1) is 0 Å². The average Bonchev–Trinajstić information content (AvgIpc) is 3.14. The SMILES string of the molecule is CCOCc1c(C(=O)OCC(=O)Nc2ccccc2C(=O)OC)oc2ccccc12. The van der Waals surface area contributed by atoms with Crippen molar-refractivity contribution in [3.8, 4) is 0 Å². The van der Waals surface area contributed by atoms with Crippen LogP contribution in [0.1, 0.15) is 33.4 Å². The highest BCUT2D eigenvalue weighted by Gasteiger charge is 2.23. The van der Waals surface area contributed by atoms with Gasteiger partial charge in [0.2, 0.25) is 5.76 Å². The van der Waals surface area contributed by atoms with E-state index in [-0.39, 0.29) is 23.6 Å². The smallest absolute Gasteiger partial charge is 0.375 e. The third kappa shape index (κ3) is 4.66. The first-order valence-electron chi connectivity index (χ1n) is 9.27. The van der Waals surface area contributed by atoms with E-state index in [1.165, 1.54) is 13.2 Å². The third-order valence-corrected chi connectivity index (χ3v) is 4.28. The summed E-state index contributed by atoms with van der Waals surface area (Å²) in [7, 11) is 1.25. The van der Waals surface area contributed by atoms with E-state index in [0.29, 0.717) is 17.8 Å². The zero-order chi connectivity index (χ0) is 21.5. The first-order valence-corrected chi connectivity index (χ1v) is 9.27. The highest BCUT2D eigenvalue weighted by molar-refractivity contribution is 6.02. The predicted molar refractivity (Wildman–Crippen MR) is 108 cm³/mol. The summed E-state index contributed by atoms with van der Waals surface area (Å²) < 4.78 is 20.9. The molecule has 30 heavy (non-hydrogen) atoms. The van der Waals surface area contributed by atoms with Crippen LogP contribution in [0.5, 0.6) is 0 Å². The second-order valence-electron chi connectivity index (χ2n) is 6.20. The van der Waals surface area contributed by atoms with Gasteiger partial charge in [-0.25, -0.2) is 9.59 Å². The minimum absolute atomic E-state index is 0.00703. The van der Waals surface area contributed by atoms with Crippen LogP contribution in [0.15, 0.2) is 52.9 Å². The standard InChI is InChI=1S/C22H21NO7/c1-3-28-12-16-14-8-5-7-11-18(14)30-20(16)22(26)29-13-19(24)23-17-10-6-4-9-15(17)21(25)27-2/h4-11H,3,12-13H2,1-2H3,(H,23,24). The van der Waals surface area contributed by atoms with Crippen molar-refractivity contribution >= 4 is 34.5 Å². The summed E-state index contributed by atoms with van der Waals surface area (Å²) in [5.74, 6) is -1.99. The molecular weight excluding hydrogens is 390 g/mol. The quantitative estimate of drug-likeness (QED) is 0.565. The van der Waals surface area contributed by atoms with Gasteiger partial charge in [-0.05, 0) is 25.1 Å². The summed E-state index contributed by atoms with van der Waals surface area (Å²) >= 11 is 0. The highest BCUT2D eigenvalue weighted by Crippen LogP contribution is 2.27. The van der Waals surface area contributed by atoms with E-state index in [2.05, 4.69) is 10.1 Å². The molecule has 2 aromatic carbocycles. The Morgan fingerprint density at radius 3 is 2.50 bits per heavy atom. The zero-order valence-corrected chi connectivity index (χ0v) is 16.6. The fourth-order valence-corrected chi connectivity index (χ4v) is 2.87. The summed E-state index contributed by atoms with van der Waals surface area (Å²) in [5.41, 5.74) is 1.53. The number of methoxy groups -OCH3 is 1. The molecule has 3 aromatic rings. The van der Waals surface area contributed by atoms with Crippen molar-refractivity contribution in [3.63, 3.8) is 0 Å². The molecule has 0 atom stereocenters. The molecule has 1 heterocycles. The Hall–Kier alpha value is -3.65. The molecule has 1 N–H and O–H groups in total. The number of hydrogen-bond donors (Lipinski definition) is 1. The molecule has 0 radical (unpaired) electrons. The van der Waals surface area contributed by atoms with Crippen LogP contribution in [0.4, 0.5) is 5.69 Å². The number of benzene rings is 2. The summed E-state index contributed by atoms with van der Waals surface area (Å²) in [4.78, 5) is 36.6. The normalized spacial score (nSPS) is 10.6. The number of rotatable bonds is 8. The maximum absolute atomic E-state index is 12.6. The number of carbonyl (C=O) groups is 3. The monoisotopic (exact) mass is 411 g/mol. The van der Waals surface area contributed by atoms with E-state index in [0.717, 1.165) is 5.39 Å². The fraction of sp³-hybridized carbons (Fsp3) is 0.227. The second kappa shape index (κ2) is 9.71. The number of furan rings is 1. The molecule has 0 spiro atoms. The fourth-order valence-electron chi connectivity index (χ4n) is 2.87. The van der Waals surface area contributed by atoms with Crippen LogP contribution >= 0.6 is 0 Å². The molecule has 1 aromatic heterocycles. The van der Waals surface area contributed by atoms with E-state index >= 15 is 0 Å². The maximum atomic E-state index is 12.6. The molecule has 0 fully saturated rings. The Morgan fingerprint density at radius 2 is 1.73 bits per heavy atom. The Balaban J connectivity index is 1.70. The lowest BCUT2D eigenvalue weighted by atomic mass is 10.1. The van der Waals surface area contributed by atoms with Gasteiger partial charge in [-0.1, -0.05) is 30.3 Å². The van der Waals surface area contributed by atoms with Crippen molar-refractivity contribution in [2.75, 3.05) is 25.6 Å². The molecule has 0 aliphatic rings. The van der Waals surface area contributed by atoms with Crippen LogP contribution in [-0.4, -0.2) is 38.2 Å². The van der Waals surface area contributed by atoms with Crippen LogP contribution in [-0.2, 0) is 25.6 Å². The predicted octanol–water partition coefficient (Wildman–Crippen LogP) is 3.55. The van der Waals surface area contributed by atoms with Crippen LogP contribution in [0.25, 0.3) is 11.0 Å². The Kier molecular flexibility index (Phi) is 6.82. The molecule has 0 aliphatic heterocycles. The molecule has 8 nitrogen and oxygen atoms in total. The lowest BCUT2D eigenvalue weighted by molar-refractivity contribution is -0.119. The van der Waals surface area contributed by atoms with Crippen LogP contribution in [0.2, 0.25) is 0 Å². The van der Waals surface area contributed by atoms with E-state index < -0.39 is 24.5 Å². The van der Waals surface area contributed by atoms with E-state index in [4.69, 9.17) is 13.9 Å². The van der Waals surface area contributed by atoms with Crippen molar-refractivity contribution in [2.24, 2.45) is 0 Å². The molecule has 8 heteroatoms. The number of ether oxygens (including phenoxy) is 3. The van der Waals surface area contributed by atoms with Crippen LogP contribution in [0.3, 0.4) is 0 Å². The topological polar surface area (TPSA) is 104 Å². The van der Waals surface area contributed by atoms with Crippen molar-refractivity contribution in [1.29, 1.82) is 0 Å². The number of amides is 1. The first-order chi connectivity index (χ1) is 14.5. The number of carbonyl (C=O) groups excluding carboxylic acids is 3. The van der Waals surface area contributed by atoms with Gasteiger partial charge in [0.1, 0.15) is 5.58 Å². The van der Waals surface area contributed by atoms with Crippen molar-refractivity contribution in [3.05, 3.63) is 65.4 Å². The summed E-state index contributed by atoms with van der Waals surface area (Å²) in [6.45, 7) is 1.93. The minimum atomic E-state index is -0.780. The Morgan fingerprint density at radius 1 is 1.00 bits per heavy atom. The molecular formula is C22H21NO7. The summed E-state index contributed by atoms with van der Waals surface area (Å²) in [6, 6.07) is 13.5. The van der Waals surface area contributed by atoms with Crippen molar-refractivity contribution in [1.82, 2.24) is 0 Å². The van der Waals surface area contributed by atoms with Gasteiger partial charge in [0.05, 0.1) is 25.0 Å². The molecule has 0 aliphatic carbocycles. The van der Waals surface area contributed by atoms with Gasteiger partial charge in [0, 0.05) is 17.6 Å². The van der Waals surface area contributed by atoms with Crippen molar-refractivity contribution in [2.45, 2.75) is 13.5 Å². The van der Waals surface area contributed by atoms with Crippen LogP contribution < -0.4 is 5.32 Å². The lowest BCUT2D eigenvalue weighted by Gasteiger charge is -2.10. The van der Waals surface area contributed by atoms with E-state index in [1.807, 2.05) is 19.1 Å². The molecule has 156 valence electrons. The number of fused-ring (bicyclic) bond motifs is 1. The zero-order valence-electron chi connectivity index (χ0n) is 16.6. The molecule has 0 saturated carbocycles. The first kappa shape index (κ1) is 21.1.